The average Bonchev–Trinajstić information content (AvgIpc) is 2.61. The topological polar surface area (TPSA) is 92.9 Å². The van der Waals surface area contributed by atoms with Crippen molar-refractivity contribution in [2.24, 2.45) is 5.73 Å². The van der Waals surface area contributed by atoms with Crippen molar-refractivity contribution >= 4 is 11.9 Å². The van der Waals surface area contributed by atoms with Crippen molar-refractivity contribution < 1.29 is 19.4 Å². The zero-order valence-electron chi connectivity index (χ0n) is 13.7. The largest absolute Gasteiger partial charge is 0.491 e. The Morgan fingerprint density at radius 1 is 1.16 bits per heavy atom. The molecule has 1 atom stereocenters. The Bertz CT molecular complexity index is 790. The molecule has 6 nitrogen and oxygen atoms in total. The first kappa shape index (κ1) is 17.0. The van der Waals surface area contributed by atoms with Gasteiger partial charge in [0.25, 0.3) is 0 Å². The van der Waals surface area contributed by atoms with E-state index < -0.39 is 17.9 Å². The number of benzene rings is 2. The minimum atomic E-state index is -1.03. The zero-order chi connectivity index (χ0) is 17.8. The number of carbonyl (C=O) groups is 2. The Balaban J connectivity index is 1.69. The molecule has 3 rings (SSSR count). The van der Waals surface area contributed by atoms with Gasteiger partial charge < -0.3 is 15.6 Å². The van der Waals surface area contributed by atoms with Crippen molar-refractivity contribution in [3.05, 3.63) is 65.2 Å². The minimum absolute atomic E-state index is 0.123. The highest BCUT2D eigenvalue weighted by molar-refractivity contribution is 5.90. The van der Waals surface area contributed by atoms with E-state index in [2.05, 4.69) is 0 Å². The number of para-hydroxylation sites is 1. The van der Waals surface area contributed by atoms with E-state index in [-0.39, 0.29) is 12.2 Å². The predicted molar refractivity (Wildman–Crippen MR) is 92.6 cm³/mol. The van der Waals surface area contributed by atoms with Crippen LogP contribution in [0.2, 0.25) is 0 Å². The van der Waals surface area contributed by atoms with Gasteiger partial charge in [-0.15, -0.1) is 0 Å². The number of hydrogen-bond acceptors (Lipinski definition) is 4. The molecule has 0 aromatic heterocycles. The number of rotatable bonds is 6. The lowest BCUT2D eigenvalue weighted by Gasteiger charge is -2.35. The molecule has 0 aliphatic carbocycles. The van der Waals surface area contributed by atoms with Gasteiger partial charge in [-0.25, -0.2) is 4.79 Å². The molecule has 2 aromatic rings. The van der Waals surface area contributed by atoms with Crippen molar-refractivity contribution in [3.8, 4) is 5.75 Å². The maximum Gasteiger partial charge on any atom is 0.339 e. The van der Waals surface area contributed by atoms with Crippen molar-refractivity contribution in [2.45, 2.75) is 12.5 Å². The molecule has 0 spiro atoms. The molecule has 25 heavy (non-hydrogen) atoms. The Morgan fingerprint density at radius 3 is 2.64 bits per heavy atom. The second kappa shape index (κ2) is 7.36. The molecular formula is C19H20N2O4. The highest BCUT2D eigenvalue weighted by Crippen LogP contribution is 2.29. The fraction of sp³-hybridized carbons (Fsp3) is 0.263. The molecule has 0 bridgehead atoms. The van der Waals surface area contributed by atoms with Crippen LogP contribution in [-0.2, 0) is 11.2 Å². The molecule has 1 aliphatic rings. The van der Waals surface area contributed by atoms with Crippen LogP contribution in [0, 0.1) is 0 Å². The summed E-state index contributed by atoms with van der Waals surface area (Å²) in [5, 5.41) is 9.19. The van der Waals surface area contributed by atoms with Crippen LogP contribution < -0.4 is 10.5 Å². The van der Waals surface area contributed by atoms with Crippen molar-refractivity contribution in [1.82, 2.24) is 4.90 Å². The molecule has 130 valence electrons. The minimum Gasteiger partial charge on any atom is -0.491 e. The number of nitrogens with zero attached hydrogens (tertiary/aromatic N) is 1. The van der Waals surface area contributed by atoms with Gasteiger partial charge in [0, 0.05) is 13.1 Å². The van der Waals surface area contributed by atoms with Gasteiger partial charge in [0.15, 0.2) is 0 Å². The fourth-order valence-corrected chi connectivity index (χ4v) is 3.23. The molecule has 6 heteroatoms. The Kier molecular flexibility index (Phi) is 5.00. The van der Waals surface area contributed by atoms with Crippen LogP contribution >= 0.6 is 0 Å². The highest BCUT2D eigenvalue weighted by Gasteiger charge is 2.31. The predicted octanol–water partition coefficient (Wildman–Crippen LogP) is 1.85. The van der Waals surface area contributed by atoms with E-state index in [0.29, 0.717) is 18.8 Å². The smallest absolute Gasteiger partial charge is 0.339 e. The van der Waals surface area contributed by atoms with E-state index in [1.54, 1.807) is 18.2 Å². The lowest BCUT2D eigenvalue weighted by atomic mass is 9.92. The highest BCUT2D eigenvalue weighted by atomic mass is 16.5. The number of aromatic carboxylic acids is 1. The van der Waals surface area contributed by atoms with E-state index in [4.69, 9.17) is 10.5 Å². The van der Waals surface area contributed by atoms with Gasteiger partial charge in [-0.3, -0.25) is 9.69 Å². The first-order valence-corrected chi connectivity index (χ1v) is 8.14. The third kappa shape index (κ3) is 3.64. The van der Waals surface area contributed by atoms with Gasteiger partial charge in [0.05, 0.1) is 0 Å². The van der Waals surface area contributed by atoms with Crippen molar-refractivity contribution in [3.63, 3.8) is 0 Å². The zero-order valence-corrected chi connectivity index (χ0v) is 13.7. The second-order valence-corrected chi connectivity index (χ2v) is 5.94. The number of hydrogen-bond donors (Lipinski definition) is 2. The normalized spacial score (nSPS) is 16.9. The van der Waals surface area contributed by atoms with Gasteiger partial charge in [-0.1, -0.05) is 36.4 Å². The number of nitrogens with two attached hydrogens (primary N) is 1. The van der Waals surface area contributed by atoms with Crippen LogP contribution in [0.1, 0.15) is 27.5 Å². The monoisotopic (exact) mass is 340 g/mol. The average molecular weight is 340 g/mol. The van der Waals surface area contributed by atoms with Gasteiger partial charge >= 0.3 is 5.97 Å². The lowest BCUT2D eigenvalue weighted by Crippen LogP contribution is -2.44. The number of carboxylic acid groups (broad SMARTS) is 1. The summed E-state index contributed by atoms with van der Waals surface area (Å²) < 4.78 is 5.64. The molecule has 1 aliphatic heterocycles. The summed E-state index contributed by atoms with van der Waals surface area (Å²) >= 11 is 0. The van der Waals surface area contributed by atoms with Crippen LogP contribution in [0.4, 0.5) is 0 Å². The summed E-state index contributed by atoms with van der Waals surface area (Å²) in [6, 6.07) is 13.8. The SMILES string of the molecule is NC(=O)C1c2ccccc2CCN1CCOc1ccccc1C(=O)O. The third-order valence-corrected chi connectivity index (χ3v) is 4.41. The van der Waals surface area contributed by atoms with E-state index in [1.165, 1.54) is 6.07 Å². The van der Waals surface area contributed by atoms with Crippen molar-refractivity contribution in [2.75, 3.05) is 19.7 Å². The van der Waals surface area contributed by atoms with Gasteiger partial charge in [0.2, 0.25) is 5.91 Å². The number of fused-ring (bicyclic) bond motifs is 1. The molecule has 2 aromatic carbocycles. The molecule has 0 saturated heterocycles. The summed E-state index contributed by atoms with van der Waals surface area (Å²) in [7, 11) is 0. The number of carboxylic acids is 1. The van der Waals surface area contributed by atoms with E-state index >= 15 is 0 Å². The summed E-state index contributed by atoms with van der Waals surface area (Å²) in [6.07, 6.45) is 0.839. The summed E-state index contributed by atoms with van der Waals surface area (Å²) in [5.41, 5.74) is 7.82. The molecule has 1 heterocycles. The molecule has 3 N–H and O–H groups in total. The van der Waals surface area contributed by atoms with Gasteiger partial charge in [0.1, 0.15) is 24.0 Å². The Morgan fingerprint density at radius 2 is 1.88 bits per heavy atom. The molecular weight excluding hydrogens is 320 g/mol. The van der Waals surface area contributed by atoms with E-state index in [0.717, 1.165) is 17.5 Å². The lowest BCUT2D eigenvalue weighted by molar-refractivity contribution is -0.124. The third-order valence-electron chi connectivity index (χ3n) is 4.41. The van der Waals surface area contributed by atoms with Gasteiger partial charge in [-0.05, 0) is 29.7 Å². The van der Waals surface area contributed by atoms with Crippen LogP contribution in [0.15, 0.2) is 48.5 Å². The first-order valence-electron chi connectivity index (χ1n) is 8.14. The number of carbonyl (C=O) groups excluding carboxylic acids is 1. The summed E-state index contributed by atoms with van der Waals surface area (Å²) in [6.45, 7) is 1.46. The number of primary amides is 1. The molecule has 1 amide bonds. The standard InChI is InChI=1S/C19H20N2O4/c20-18(22)17-14-6-2-1-5-13(14)9-10-21(17)11-12-25-16-8-4-3-7-15(16)19(23)24/h1-8,17H,9-12H2,(H2,20,22)(H,23,24). The number of amides is 1. The van der Waals surface area contributed by atoms with Crippen LogP contribution in [0.5, 0.6) is 5.75 Å². The van der Waals surface area contributed by atoms with Crippen molar-refractivity contribution in [1.29, 1.82) is 0 Å². The molecule has 1 unspecified atom stereocenters. The van der Waals surface area contributed by atoms with E-state index in [1.807, 2.05) is 29.2 Å². The second-order valence-electron chi connectivity index (χ2n) is 5.94. The van der Waals surface area contributed by atoms with Crippen LogP contribution in [0.3, 0.4) is 0 Å². The quantitative estimate of drug-likeness (QED) is 0.837. The maximum atomic E-state index is 12.0. The van der Waals surface area contributed by atoms with Crippen LogP contribution in [-0.4, -0.2) is 41.6 Å². The Hall–Kier alpha value is -2.86. The first-order chi connectivity index (χ1) is 12.1. The summed E-state index contributed by atoms with van der Waals surface area (Å²) in [4.78, 5) is 25.2. The maximum absolute atomic E-state index is 12.0. The van der Waals surface area contributed by atoms with Gasteiger partial charge in [-0.2, -0.15) is 0 Å². The van der Waals surface area contributed by atoms with E-state index in [9.17, 15) is 14.7 Å². The fourth-order valence-electron chi connectivity index (χ4n) is 3.23. The molecule has 0 radical (unpaired) electrons. The summed E-state index contributed by atoms with van der Waals surface area (Å²) in [5.74, 6) is -1.10. The molecule has 0 saturated carbocycles. The van der Waals surface area contributed by atoms with Crippen LogP contribution in [0.25, 0.3) is 0 Å². The number of ether oxygens (including phenoxy) is 1. The molecule has 0 fully saturated rings. The Labute approximate surface area is 145 Å².